The van der Waals surface area contributed by atoms with Gasteiger partial charge in [-0.25, -0.2) is 4.68 Å². The Balaban J connectivity index is 1.57. The first kappa shape index (κ1) is 15.1. The molecule has 122 valence electrons. The summed E-state index contributed by atoms with van der Waals surface area (Å²) in [7, 11) is 2.20. The van der Waals surface area contributed by atoms with Crippen LogP contribution in [-0.2, 0) is 6.67 Å². The van der Waals surface area contributed by atoms with Crippen LogP contribution in [0.1, 0.15) is 30.5 Å². The summed E-state index contributed by atoms with van der Waals surface area (Å²) in [6.07, 6.45) is 4.38. The monoisotopic (exact) mass is 329 g/mol. The lowest BCUT2D eigenvalue weighted by Crippen LogP contribution is -2.47. The number of benzene rings is 1. The molecule has 5 nitrogen and oxygen atoms in total. The van der Waals surface area contributed by atoms with Crippen molar-refractivity contribution >= 4 is 12.2 Å². The SMILES string of the molecule is CN1CCN(Cn2ncn(C3CC3)c2=S)[C@H](c2ccccc2)C1. The van der Waals surface area contributed by atoms with Crippen LogP contribution < -0.4 is 0 Å². The van der Waals surface area contributed by atoms with Crippen LogP contribution in [0, 0.1) is 4.77 Å². The van der Waals surface area contributed by atoms with Crippen molar-refractivity contribution in [3.63, 3.8) is 0 Å². The van der Waals surface area contributed by atoms with Crippen molar-refractivity contribution in [1.82, 2.24) is 24.1 Å². The van der Waals surface area contributed by atoms with Crippen molar-refractivity contribution in [2.75, 3.05) is 26.7 Å². The number of aromatic nitrogens is 3. The normalized spacial score (nSPS) is 23.3. The summed E-state index contributed by atoms with van der Waals surface area (Å²) < 4.78 is 5.00. The Kier molecular flexibility index (Phi) is 4.05. The predicted octanol–water partition coefficient (Wildman–Crippen LogP) is 2.70. The third-order valence-corrected chi connectivity index (χ3v) is 5.31. The molecule has 23 heavy (non-hydrogen) atoms. The standard InChI is InChI=1S/C17H23N5S/c1-19-9-10-20(16(11-19)14-5-3-2-4-6-14)13-22-17(23)21(12-18-22)15-7-8-15/h2-6,12,15-16H,7-11,13H2,1H3/t16-/m0/s1. The molecule has 1 aromatic carbocycles. The molecule has 4 rings (SSSR count). The molecule has 0 amide bonds. The fourth-order valence-corrected chi connectivity index (χ4v) is 3.64. The molecule has 1 aliphatic carbocycles. The molecular weight excluding hydrogens is 306 g/mol. The molecule has 1 aliphatic heterocycles. The fraction of sp³-hybridized carbons (Fsp3) is 0.529. The smallest absolute Gasteiger partial charge is 0.199 e. The van der Waals surface area contributed by atoms with Gasteiger partial charge in [-0.05, 0) is 37.7 Å². The van der Waals surface area contributed by atoms with Gasteiger partial charge in [0, 0.05) is 31.7 Å². The number of likely N-dealkylation sites (N-methyl/N-ethyl adjacent to an activating group) is 1. The van der Waals surface area contributed by atoms with Crippen LogP contribution in [0.15, 0.2) is 36.7 Å². The van der Waals surface area contributed by atoms with Crippen molar-refractivity contribution in [1.29, 1.82) is 0 Å². The largest absolute Gasteiger partial charge is 0.303 e. The summed E-state index contributed by atoms with van der Waals surface area (Å²) in [5.74, 6) is 0. The third-order valence-electron chi connectivity index (χ3n) is 4.89. The maximum atomic E-state index is 5.61. The van der Waals surface area contributed by atoms with Crippen molar-refractivity contribution < 1.29 is 0 Å². The minimum absolute atomic E-state index is 0.392. The fourth-order valence-electron chi connectivity index (χ4n) is 3.34. The Hall–Kier alpha value is -1.50. The molecular formula is C17H23N5S. The van der Waals surface area contributed by atoms with Crippen LogP contribution in [0.3, 0.4) is 0 Å². The number of rotatable bonds is 4. The molecule has 0 radical (unpaired) electrons. The third kappa shape index (κ3) is 3.11. The molecule has 2 heterocycles. The summed E-state index contributed by atoms with van der Waals surface area (Å²) in [5.41, 5.74) is 1.37. The minimum atomic E-state index is 0.392. The highest BCUT2D eigenvalue weighted by atomic mass is 32.1. The molecule has 0 spiro atoms. The average Bonchev–Trinajstić information content (AvgIpc) is 3.35. The highest BCUT2D eigenvalue weighted by molar-refractivity contribution is 7.71. The second-order valence-corrected chi connectivity index (χ2v) is 7.06. The maximum Gasteiger partial charge on any atom is 0.199 e. The average molecular weight is 329 g/mol. The number of nitrogens with zero attached hydrogens (tertiary/aromatic N) is 5. The van der Waals surface area contributed by atoms with Crippen LogP contribution in [0.4, 0.5) is 0 Å². The summed E-state index contributed by atoms with van der Waals surface area (Å²) in [4.78, 5) is 4.89. The minimum Gasteiger partial charge on any atom is -0.303 e. The van der Waals surface area contributed by atoms with Crippen LogP contribution in [0.5, 0.6) is 0 Å². The lowest BCUT2D eigenvalue weighted by atomic mass is 10.0. The highest BCUT2D eigenvalue weighted by Crippen LogP contribution is 2.34. The highest BCUT2D eigenvalue weighted by Gasteiger charge is 2.28. The molecule has 0 unspecified atom stereocenters. The molecule has 1 atom stereocenters. The van der Waals surface area contributed by atoms with E-state index in [1.54, 1.807) is 0 Å². The zero-order valence-corrected chi connectivity index (χ0v) is 14.3. The van der Waals surface area contributed by atoms with E-state index in [0.29, 0.717) is 12.1 Å². The van der Waals surface area contributed by atoms with Gasteiger partial charge in [-0.15, -0.1) is 0 Å². The Bertz CT molecular complexity index is 718. The Labute approximate surface area is 142 Å². The molecule has 2 aromatic rings. The van der Waals surface area contributed by atoms with E-state index >= 15 is 0 Å². The Morgan fingerprint density at radius 1 is 1.17 bits per heavy atom. The first-order valence-electron chi connectivity index (χ1n) is 8.34. The molecule has 0 N–H and O–H groups in total. The van der Waals surface area contributed by atoms with Gasteiger partial charge in [0.15, 0.2) is 4.77 Å². The van der Waals surface area contributed by atoms with Crippen LogP contribution >= 0.6 is 12.2 Å². The lowest BCUT2D eigenvalue weighted by molar-refractivity contribution is 0.0582. The van der Waals surface area contributed by atoms with Gasteiger partial charge in [0.05, 0.1) is 6.67 Å². The van der Waals surface area contributed by atoms with E-state index in [2.05, 4.69) is 56.8 Å². The molecule has 1 aromatic heterocycles. The summed E-state index contributed by atoms with van der Waals surface area (Å²) in [6, 6.07) is 11.7. The molecule has 1 saturated heterocycles. The summed E-state index contributed by atoms with van der Waals surface area (Å²) >= 11 is 5.61. The number of piperazine rings is 1. The van der Waals surface area contributed by atoms with Crippen LogP contribution in [0.2, 0.25) is 0 Å². The van der Waals surface area contributed by atoms with Crippen molar-refractivity contribution in [2.45, 2.75) is 31.6 Å². The van der Waals surface area contributed by atoms with E-state index in [1.165, 1.54) is 18.4 Å². The van der Waals surface area contributed by atoms with E-state index in [-0.39, 0.29) is 0 Å². The molecule has 6 heteroatoms. The van der Waals surface area contributed by atoms with E-state index in [9.17, 15) is 0 Å². The van der Waals surface area contributed by atoms with E-state index < -0.39 is 0 Å². The molecule has 0 bridgehead atoms. The van der Waals surface area contributed by atoms with Gasteiger partial charge in [0.2, 0.25) is 0 Å². The van der Waals surface area contributed by atoms with Crippen molar-refractivity contribution in [3.8, 4) is 0 Å². The van der Waals surface area contributed by atoms with Gasteiger partial charge in [0.25, 0.3) is 0 Å². The zero-order chi connectivity index (χ0) is 15.8. The molecule has 1 saturated carbocycles. The van der Waals surface area contributed by atoms with Gasteiger partial charge < -0.3 is 9.47 Å². The van der Waals surface area contributed by atoms with E-state index in [4.69, 9.17) is 12.2 Å². The molecule has 2 fully saturated rings. The first-order chi connectivity index (χ1) is 11.2. The van der Waals surface area contributed by atoms with Gasteiger partial charge in [-0.1, -0.05) is 30.3 Å². The topological polar surface area (TPSA) is 29.2 Å². The first-order valence-corrected chi connectivity index (χ1v) is 8.74. The summed E-state index contributed by atoms with van der Waals surface area (Å²) in [6.45, 7) is 3.93. The van der Waals surface area contributed by atoms with Gasteiger partial charge >= 0.3 is 0 Å². The second-order valence-electron chi connectivity index (χ2n) is 6.69. The van der Waals surface area contributed by atoms with Gasteiger partial charge in [-0.3, -0.25) is 4.90 Å². The van der Waals surface area contributed by atoms with E-state index in [0.717, 1.165) is 31.1 Å². The van der Waals surface area contributed by atoms with Crippen LogP contribution in [-0.4, -0.2) is 50.8 Å². The van der Waals surface area contributed by atoms with Crippen LogP contribution in [0.25, 0.3) is 0 Å². The number of hydrogen-bond acceptors (Lipinski definition) is 4. The van der Waals surface area contributed by atoms with Crippen molar-refractivity contribution in [3.05, 3.63) is 47.0 Å². The van der Waals surface area contributed by atoms with Crippen molar-refractivity contribution in [2.24, 2.45) is 0 Å². The second kappa shape index (κ2) is 6.19. The Morgan fingerprint density at radius 2 is 1.96 bits per heavy atom. The lowest BCUT2D eigenvalue weighted by Gasteiger charge is -2.40. The predicted molar refractivity (Wildman–Crippen MR) is 92.7 cm³/mol. The number of hydrogen-bond donors (Lipinski definition) is 0. The molecule has 2 aliphatic rings. The van der Waals surface area contributed by atoms with Gasteiger partial charge in [-0.2, -0.15) is 5.10 Å². The Morgan fingerprint density at radius 3 is 2.70 bits per heavy atom. The van der Waals surface area contributed by atoms with Gasteiger partial charge in [0.1, 0.15) is 6.33 Å². The van der Waals surface area contributed by atoms with E-state index in [1.807, 2.05) is 11.0 Å². The zero-order valence-electron chi connectivity index (χ0n) is 13.5. The quantitative estimate of drug-likeness (QED) is 0.807. The summed E-state index contributed by atoms with van der Waals surface area (Å²) in [5, 5.41) is 4.54. The maximum absolute atomic E-state index is 5.61.